The van der Waals surface area contributed by atoms with E-state index in [4.69, 9.17) is 14.2 Å². The Morgan fingerprint density at radius 2 is 1.68 bits per heavy atom. The van der Waals surface area contributed by atoms with Crippen LogP contribution in [0.2, 0.25) is 0 Å². The third kappa shape index (κ3) is 4.61. The second kappa shape index (κ2) is 9.52. The molecule has 156 valence electrons. The fourth-order valence-corrected chi connectivity index (χ4v) is 3.71. The standard InChI is InChI=1S/C20H32N4O4/c1-21-19(22-13-20(9-7-8-10-20)18(25)24(2)3)23-14-11-15(26-4)17(28-6)16(12-14)27-5/h11-12H,7-10,13H2,1-6H3,(H2,21,22,23). The smallest absolute Gasteiger partial charge is 0.230 e. The van der Waals surface area contributed by atoms with Crippen LogP contribution in [0.4, 0.5) is 5.69 Å². The third-order valence-corrected chi connectivity index (χ3v) is 5.17. The lowest BCUT2D eigenvalue weighted by molar-refractivity contribution is -0.138. The van der Waals surface area contributed by atoms with Crippen molar-refractivity contribution in [1.29, 1.82) is 0 Å². The fraction of sp³-hybridized carbons (Fsp3) is 0.600. The molecule has 1 aromatic rings. The van der Waals surface area contributed by atoms with Gasteiger partial charge in [0.2, 0.25) is 11.7 Å². The zero-order chi connectivity index (χ0) is 20.7. The molecule has 1 aromatic carbocycles. The van der Waals surface area contributed by atoms with Crippen molar-refractivity contribution >= 4 is 17.6 Å². The van der Waals surface area contributed by atoms with Gasteiger partial charge in [0.15, 0.2) is 17.5 Å². The summed E-state index contributed by atoms with van der Waals surface area (Å²) >= 11 is 0. The second-order valence-electron chi connectivity index (χ2n) is 7.15. The van der Waals surface area contributed by atoms with Crippen LogP contribution >= 0.6 is 0 Å². The van der Waals surface area contributed by atoms with Crippen molar-refractivity contribution in [3.8, 4) is 17.2 Å². The van der Waals surface area contributed by atoms with Crippen molar-refractivity contribution in [1.82, 2.24) is 10.2 Å². The average molecular weight is 393 g/mol. The number of anilines is 1. The number of guanidine groups is 1. The molecular formula is C20H32N4O4. The molecule has 0 aromatic heterocycles. The zero-order valence-corrected chi connectivity index (χ0v) is 17.7. The first-order chi connectivity index (χ1) is 13.4. The van der Waals surface area contributed by atoms with Crippen molar-refractivity contribution in [2.24, 2.45) is 10.4 Å². The minimum atomic E-state index is -0.379. The number of carbonyl (C=O) groups excluding carboxylic acids is 1. The Bertz CT molecular complexity index is 687. The predicted octanol–water partition coefficient (Wildman–Crippen LogP) is 2.35. The van der Waals surface area contributed by atoms with Gasteiger partial charge in [-0.1, -0.05) is 12.8 Å². The van der Waals surface area contributed by atoms with E-state index in [1.165, 1.54) is 0 Å². The molecule has 1 aliphatic rings. The van der Waals surface area contributed by atoms with Crippen LogP contribution in [0.1, 0.15) is 25.7 Å². The van der Waals surface area contributed by atoms with Crippen molar-refractivity contribution in [3.63, 3.8) is 0 Å². The van der Waals surface area contributed by atoms with E-state index in [2.05, 4.69) is 15.6 Å². The topological polar surface area (TPSA) is 84.4 Å². The van der Waals surface area contributed by atoms with Crippen LogP contribution in [0.25, 0.3) is 0 Å². The van der Waals surface area contributed by atoms with Crippen LogP contribution < -0.4 is 24.8 Å². The fourth-order valence-electron chi connectivity index (χ4n) is 3.71. The summed E-state index contributed by atoms with van der Waals surface area (Å²) in [6.45, 7) is 0.536. The summed E-state index contributed by atoms with van der Waals surface area (Å²) in [6, 6.07) is 3.62. The molecule has 0 aliphatic heterocycles. The van der Waals surface area contributed by atoms with Gasteiger partial charge in [-0.2, -0.15) is 0 Å². The quantitative estimate of drug-likeness (QED) is 0.547. The second-order valence-corrected chi connectivity index (χ2v) is 7.15. The minimum Gasteiger partial charge on any atom is -0.493 e. The summed E-state index contributed by atoms with van der Waals surface area (Å²) in [4.78, 5) is 18.7. The van der Waals surface area contributed by atoms with Crippen LogP contribution in [0, 0.1) is 5.41 Å². The lowest BCUT2D eigenvalue weighted by atomic mass is 9.84. The average Bonchev–Trinajstić information content (AvgIpc) is 3.19. The monoisotopic (exact) mass is 392 g/mol. The van der Waals surface area contributed by atoms with Gasteiger partial charge >= 0.3 is 0 Å². The Kier molecular flexibility index (Phi) is 7.37. The van der Waals surface area contributed by atoms with E-state index < -0.39 is 0 Å². The van der Waals surface area contributed by atoms with Crippen molar-refractivity contribution < 1.29 is 19.0 Å². The van der Waals surface area contributed by atoms with E-state index in [0.717, 1.165) is 31.4 Å². The number of hydrogen-bond acceptors (Lipinski definition) is 5. The Balaban J connectivity index is 2.16. The number of rotatable bonds is 7. The van der Waals surface area contributed by atoms with Crippen LogP contribution in [-0.2, 0) is 4.79 Å². The maximum Gasteiger partial charge on any atom is 0.230 e. The number of nitrogens with zero attached hydrogens (tertiary/aromatic N) is 2. The van der Waals surface area contributed by atoms with Gasteiger partial charge in [0.05, 0.1) is 26.7 Å². The Hall–Kier alpha value is -2.64. The molecule has 28 heavy (non-hydrogen) atoms. The van der Waals surface area contributed by atoms with E-state index in [1.54, 1.807) is 33.3 Å². The predicted molar refractivity (Wildman–Crippen MR) is 111 cm³/mol. The van der Waals surface area contributed by atoms with E-state index in [1.807, 2.05) is 26.2 Å². The molecule has 1 fully saturated rings. The highest BCUT2D eigenvalue weighted by Crippen LogP contribution is 2.40. The zero-order valence-electron chi connectivity index (χ0n) is 17.7. The number of methoxy groups -OCH3 is 3. The molecule has 0 heterocycles. The van der Waals surface area contributed by atoms with Crippen LogP contribution in [-0.4, -0.2) is 65.8 Å². The summed E-state index contributed by atoms with van der Waals surface area (Å²) < 4.78 is 16.1. The largest absolute Gasteiger partial charge is 0.493 e. The Labute approximate surface area is 167 Å². The number of aliphatic imine (C=N–C) groups is 1. The molecular weight excluding hydrogens is 360 g/mol. The highest BCUT2D eigenvalue weighted by molar-refractivity contribution is 5.95. The van der Waals surface area contributed by atoms with Gasteiger partial charge in [-0.3, -0.25) is 9.79 Å². The van der Waals surface area contributed by atoms with Crippen molar-refractivity contribution in [2.75, 3.05) is 54.3 Å². The molecule has 1 amide bonds. The first kappa shape index (κ1) is 21.7. The summed E-state index contributed by atoms with van der Waals surface area (Å²) in [6.07, 6.45) is 3.91. The van der Waals surface area contributed by atoms with Crippen LogP contribution in [0.3, 0.4) is 0 Å². The Morgan fingerprint density at radius 3 is 2.11 bits per heavy atom. The summed E-state index contributed by atoms with van der Waals surface area (Å²) in [7, 11) is 10.0. The Morgan fingerprint density at radius 1 is 1.11 bits per heavy atom. The van der Waals surface area contributed by atoms with Gasteiger partial charge < -0.3 is 29.7 Å². The molecule has 8 heteroatoms. The van der Waals surface area contributed by atoms with Crippen molar-refractivity contribution in [3.05, 3.63) is 12.1 Å². The van der Waals surface area contributed by atoms with Gasteiger partial charge in [-0.15, -0.1) is 0 Å². The minimum absolute atomic E-state index is 0.167. The number of amides is 1. The van der Waals surface area contributed by atoms with Gasteiger partial charge in [-0.25, -0.2) is 0 Å². The van der Waals surface area contributed by atoms with E-state index in [0.29, 0.717) is 29.8 Å². The van der Waals surface area contributed by atoms with E-state index >= 15 is 0 Å². The van der Waals surface area contributed by atoms with Gasteiger partial charge in [0.1, 0.15) is 0 Å². The lowest BCUT2D eigenvalue weighted by Crippen LogP contribution is -2.47. The molecule has 0 bridgehead atoms. The number of nitrogens with one attached hydrogen (secondary N) is 2. The summed E-state index contributed by atoms with van der Waals surface area (Å²) in [5, 5.41) is 6.56. The molecule has 0 spiro atoms. The number of carbonyl (C=O) groups is 1. The van der Waals surface area contributed by atoms with Crippen molar-refractivity contribution in [2.45, 2.75) is 25.7 Å². The molecule has 0 radical (unpaired) electrons. The first-order valence-corrected chi connectivity index (χ1v) is 9.40. The van der Waals surface area contributed by atoms with Crippen LogP contribution in [0.5, 0.6) is 17.2 Å². The normalized spacial score (nSPS) is 15.7. The highest BCUT2D eigenvalue weighted by atomic mass is 16.5. The molecule has 1 aliphatic carbocycles. The maximum absolute atomic E-state index is 12.7. The summed E-state index contributed by atoms with van der Waals surface area (Å²) in [5.74, 6) is 2.37. The number of hydrogen-bond donors (Lipinski definition) is 2. The van der Waals surface area contributed by atoms with Gasteiger partial charge in [-0.05, 0) is 12.8 Å². The van der Waals surface area contributed by atoms with Gasteiger partial charge in [0, 0.05) is 45.5 Å². The molecule has 0 atom stereocenters. The molecule has 2 rings (SSSR count). The highest BCUT2D eigenvalue weighted by Gasteiger charge is 2.42. The lowest BCUT2D eigenvalue weighted by Gasteiger charge is -2.31. The SMILES string of the molecule is CN=C(NCC1(C(=O)N(C)C)CCCC1)Nc1cc(OC)c(OC)c(OC)c1. The molecule has 0 saturated heterocycles. The third-order valence-electron chi connectivity index (χ3n) is 5.17. The summed E-state index contributed by atoms with van der Waals surface area (Å²) in [5.41, 5.74) is 0.359. The molecule has 1 saturated carbocycles. The number of ether oxygens (including phenoxy) is 3. The maximum atomic E-state index is 12.7. The number of benzene rings is 1. The molecule has 2 N–H and O–H groups in total. The van der Waals surface area contributed by atoms with Gasteiger partial charge in [0.25, 0.3) is 0 Å². The molecule has 0 unspecified atom stereocenters. The van der Waals surface area contributed by atoms with E-state index in [9.17, 15) is 4.79 Å². The van der Waals surface area contributed by atoms with Crippen LogP contribution in [0.15, 0.2) is 17.1 Å². The van der Waals surface area contributed by atoms with E-state index in [-0.39, 0.29) is 11.3 Å². The molecule has 8 nitrogen and oxygen atoms in total. The first-order valence-electron chi connectivity index (χ1n) is 9.40.